The second kappa shape index (κ2) is 7.96. The second-order valence-electron chi connectivity index (χ2n) is 6.23. The fourth-order valence-electron chi connectivity index (χ4n) is 2.97. The number of aliphatic imine (C=N–C) groups is 2. The van der Waals surface area contributed by atoms with Crippen LogP contribution in [0.25, 0.3) is 0 Å². The van der Waals surface area contributed by atoms with Crippen LogP contribution in [0.2, 0.25) is 0 Å². The number of benzene rings is 3. The molecule has 140 valence electrons. The summed E-state index contributed by atoms with van der Waals surface area (Å²) in [7, 11) is 1.65. The first kappa shape index (κ1) is 17.8. The largest absolute Gasteiger partial charge is 0.497 e. The van der Waals surface area contributed by atoms with E-state index in [1.807, 2.05) is 79.7 Å². The van der Waals surface area contributed by atoms with Crippen LogP contribution in [0, 0.1) is 0 Å². The number of hydrogen-bond acceptors (Lipinski definition) is 5. The van der Waals surface area contributed by atoms with Crippen molar-refractivity contribution in [2.45, 2.75) is 6.92 Å². The Balaban J connectivity index is 1.83. The Labute approximate surface area is 164 Å². The third kappa shape index (κ3) is 3.74. The molecule has 0 saturated carbocycles. The molecule has 0 amide bonds. The van der Waals surface area contributed by atoms with Gasteiger partial charge in [-0.2, -0.15) is 0 Å². The molecule has 0 aliphatic carbocycles. The number of hydrogen-bond donors (Lipinski definition) is 1. The summed E-state index contributed by atoms with van der Waals surface area (Å²) in [5, 5.41) is 3.43. The summed E-state index contributed by atoms with van der Waals surface area (Å²) >= 11 is 0. The van der Waals surface area contributed by atoms with Crippen LogP contribution in [0.4, 0.5) is 11.4 Å². The number of methoxy groups -OCH3 is 1. The molecule has 0 fully saturated rings. The Kier molecular flexibility index (Phi) is 5.06. The highest BCUT2D eigenvalue weighted by molar-refractivity contribution is 6.19. The van der Waals surface area contributed by atoms with Crippen molar-refractivity contribution in [3.63, 3.8) is 0 Å². The van der Waals surface area contributed by atoms with Gasteiger partial charge >= 0.3 is 0 Å². The van der Waals surface area contributed by atoms with Crippen LogP contribution in [-0.4, -0.2) is 25.4 Å². The minimum atomic E-state index is 0.610. The molecule has 1 heterocycles. The minimum absolute atomic E-state index is 0.610. The first-order valence-electron chi connectivity index (χ1n) is 9.18. The van der Waals surface area contributed by atoms with Gasteiger partial charge in [0.2, 0.25) is 0 Å². The molecule has 1 aliphatic rings. The van der Waals surface area contributed by atoms with Crippen molar-refractivity contribution in [1.82, 2.24) is 0 Å². The van der Waals surface area contributed by atoms with E-state index in [1.54, 1.807) is 7.11 Å². The van der Waals surface area contributed by atoms with E-state index in [-0.39, 0.29) is 0 Å². The smallest absolute Gasteiger partial charge is 0.162 e. The van der Waals surface area contributed by atoms with Gasteiger partial charge in [-0.25, -0.2) is 9.98 Å². The number of nitrogens with one attached hydrogen (secondary N) is 1. The molecule has 5 nitrogen and oxygen atoms in total. The summed E-state index contributed by atoms with van der Waals surface area (Å²) in [6.07, 6.45) is 0. The monoisotopic (exact) mass is 371 g/mol. The Hall–Kier alpha value is -3.60. The first-order chi connectivity index (χ1) is 13.8. The second-order valence-corrected chi connectivity index (χ2v) is 6.23. The van der Waals surface area contributed by atoms with Crippen LogP contribution < -0.4 is 14.8 Å². The molecular formula is C23H21N3O2. The quantitative estimate of drug-likeness (QED) is 0.683. The molecule has 0 spiro atoms. The molecule has 1 aliphatic heterocycles. The fraction of sp³-hybridized carbons (Fsp3) is 0.130. The predicted molar refractivity (Wildman–Crippen MR) is 113 cm³/mol. The molecule has 28 heavy (non-hydrogen) atoms. The summed E-state index contributed by atoms with van der Waals surface area (Å²) in [6, 6.07) is 23.6. The van der Waals surface area contributed by atoms with Crippen molar-refractivity contribution < 1.29 is 9.47 Å². The summed E-state index contributed by atoms with van der Waals surface area (Å²) in [5.41, 5.74) is 3.57. The maximum absolute atomic E-state index is 5.65. The van der Waals surface area contributed by atoms with Gasteiger partial charge in [0.1, 0.15) is 17.3 Å². The summed E-state index contributed by atoms with van der Waals surface area (Å²) in [5.74, 6) is 2.97. The molecule has 0 radical (unpaired) electrons. The van der Waals surface area contributed by atoms with E-state index < -0.39 is 0 Å². The van der Waals surface area contributed by atoms with Crippen LogP contribution in [0.5, 0.6) is 11.5 Å². The maximum atomic E-state index is 5.65. The van der Waals surface area contributed by atoms with E-state index in [9.17, 15) is 0 Å². The van der Waals surface area contributed by atoms with E-state index in [0.29, 0.717) is 12.4 Å². The number of ether oxygens (including phenoxy) is 2. The van der Waals surface area contributed by atoms with Gasteiger partial charge in [0.15, 0.2) is 5.84 Å². The zero-order chi connectivity index (χ0) is 19.3. The molecule has 0 bridgehead atoms. The molecule has 0 aromatic heterocycles. The normalized spacial score (nSPS) is 12.8. The van der Waals surface area contributed by atoms with Gasteiger partial charge in [-0.1, -0.05) is 30.3 Å². The molecule has 3 aromatic carbocycles. The highest BCUT2D eigenvalue weighted by Crippen LogP contribution is 2.33. The van der Waals surface area contributed by atoms with Crippen LogP contribution >= 0.6 is 0 Å². The molecular weight excluding hydrogens is 350 g/mol. The third-order valence-electron chi connectivity index (χ3n) is 4.37. The number of fused-ring (bicyclic) bond motifs is 1. The topological polar surface area (TPSA) is 55.2 Å². The van der Waals surface area contributed by atoms with E-state index in [4.69, 9.17) is 19.5 Å². The lowest BCUT2D eigenvalue weighted by Gasteiger charge is -2.11. The van der Waals surface area contributed by atoms with Crippen LogP contribution in [0.1, 0.15) is 18.1 Å². The highest BCUT2D eigenvalue weighted by Gasteiger charge is 2.16. The van der Waals surface area contributed by atoms with Gasteiger partial charge in [0.25, 0.3) is 0 Å². The van der Waals surface area contributed by atoms with Crippen molar-refractivity contribution in [3.05, 3.63) is 83.9 Å². The van der Waals surface area contributed by atoms with Crippen LogP contribution in [-0.2, 0) is 0 Å². The summed E-state index contributed by atoms with van der Waals surface area (Å²) < 4.78 is 10.9. The van der Waals surface area contributed by atoms with Gasteiger partial charge in [0, 0.05) is 17.2 Å². The van der Waals surface area contributed by atoms with Gasteiger partial charge in [-0.3, -0.25) is 0 Å². The lowest BCUT2D eigenvalue weighted by Crippen LogP contribution is -2.15. The maximum Gasteiger partial charge on any atom is 0.162 e. The number of anilines is 1. The predicted octanol–water partition coefficient (Wildman–Crippen LogP) is 5.04. The van der Waals surface area contributed by atoms with Gasteiger partial charge in [0.05, 0.1) is 25.1 Å². The van der Waals surface area contributed by atoms with Gasteiger partial charge < -0.3 is 14.8 Å². The average Bonchev–Trinajstić information content (AvgIpc) is 2.94. The minimum Gasteiger partial charge on any atom is -0.497 e. The Bertz CT molecular complexity index is 1030. The molecule has 0 saturated heterocycles. The average molecular weight is 371 g/mol. The highest BCUT2D eigenvalue weighted by atomic mass is 16.5. The lowest BCUT2D eigenvalue weighted by molar-refractivity contribution is 0.340. The zero-order valence-corrected chi connectivity index (χ0v) is 15.8. The lowest BCUT2D eigenvalue weighted by atomic mass is 10.2. The Morgan fingerprint density at radius 2 is 1.57 bits per heavy atom. The summed E-state index contributed by atoms with van der Waals surface area (Å²) in [6.45, 7) is 2.58. The van der Waals surface area contributed by atoms with E-state index in [2.05, 4.69) is 5.32 Å². The molecule has 0 unspecified atom stereocenters. The van der Waals surface area contributed by atoms with Gasteiger partial charge in [-0.05, 0) is 43.3 Å². The fourth-order valence-corrected chi connectivity index (χ4v) is 2.97. The Morgan fingerprint density at radius 3 is 2.29 bits per heavy atom. The number of rotatable bonds is 5. The van der Waals surface area contributed by atoms with Crippen molar-refractivity contribution in [3.8, 4) is 11.5 Å². The summed E-state index contributed by atoms with van der Waals surface area (Å²) in [4.78, 5) is 9.65. The number of amidine groups is 2. The van der Waals surface area contributed by atoms with Crippen molar-refractivity contribution >= 4 is 23.0 Å². The van der Waals surface area contributed by atoms with Crippen molar-refractivity contribution in [1.29, 1.82) is 0 Å². The molecule has 0 atom stereocenters. The van der Waals surface area contributed by atoms with Crippen LogP contribution in [0.3, 0.4) is 0 Å². The first-order valence-corrected chi connectivity index (χ1v) is 9.18. The third-order valence-corrected chi connectivity index (χ3v) is 4.37. The van der Waals surface area contributed by atoms with E-state index in [1.165, 1.54) is 0 Å². The Morgan fingerprint density at radius 1 is 0.821 bits per heavy atom. The number of nitrogens with zero attached hydrogens (tertiary/aromatic N) is 2. The molecule has 4 rings (SSSR count). The van der Waals surface area contributed by atoms with Crippen molar-refractivity contribution in [2.24, 2.45) is 9.98 Å². The van der Waals surface area contributed by atoms with Crippen LogP contribution in [0.15, 0.2) is 82.8 Å². The van der Waals surface area contributed by atoms with Gasteiger partial charge in [-0.15, -0.1) is 0 Å². The SMILES string of the molecule is CCOc1ccc2c(c1)NC(c1ccccc1)=NC(c1ccc(OC)cc1)=N2. The molecule has 1 N–H and O–H groups in total. The van der Waals surface area contributed by atoms with E-state index >= 15 is 0 Å². The zero-order valence-electron chi connectivity index (χ0n) is 15.8. The standard InChI is InChI=1S/C23H21N3O2/c1-3-28-19-13-14-20-21(15-19)25-22(16-7-5-4-6-8-16)26-23(24-20)17-9-11-18(27-2)12-10-17/h4-15H,3H2,1-2H3,(H,24,25,26). The molecule has 3 aromatic rings. The van der Waals surface area contributed by atoms with Crippen molar-refractivity contribution in [2.75, 3.05) is 19.0 Å². The molecule has 5 heteroatoms. The van der Waals surface area contributed by atoms with E-state index in [0.717, 1.165) is 39.8 Å².